The highest BCUT2D eigenvalue weighted by Crippen LogP contribution is 2.21. The second-order valence-electron chi connectivity index (χ2n) is 4.92. The molecule has 2 N–H and O–H groups in total. The van der Waals surface area contributed by atoms with Crippen molar-refractivity contribution in [2.75, 3.05) is 11.9 Å². The van der Waals surface area contributed by atoms with E-state index >= 15 is 0 Å². The molecule has 0 heterocycles. The number of rotatable bonds is 4. The molecule has 0 bridgehead atoms. The largest absolute Gasteiger partial charge is 0.347 e. The van der Waals surface area contributed by atoms with Crippen LogP contribution in [0.5, 0.6) is 0 Å². The van der Waals surface area contributed by atoms with Gasteiger partial charge in [-0.2, -0.15) is 0 Å². The molecule has 0 aliphatic rings. The summed E-state index contributed by atoms with van der Waals surface area (Å²) in [7, 11) is 0. The lowest BCUT2D eigenvalue weighted by Crippen LogP contribution is -2.36. The highest BCUT2D eigenvalue weighted by Gasteiger charge is 2.19. The van der Waals surface area contributed by atoms with Gasteiger partial charge in [0.1, 0.15) is 0 Å². The van der Waals surface area contributed by atoms with Crippen molar-refractivity contribution in [2.24, 2.45) is 0 Å². The Morgan fingerprint density at radius 1 is 0.960 bits per heavy atom. The van der Waals surface area contributed by atoms with E-state index in [9.17, 15) is 22.8 Å². The van der Waals surface area contributed by atoms with E-state index in [1.807, 2.05) is 5.32 Å². The Labute approximate surface area is 150 Å². The van der Waals surface area contributed by atoms with Crippen molar-refractivity contribution < 1.29 is 22.8 Å². The van der Waals surface area contributed by atoms with Gasteiger partial charge in [0.2, 0.25) is 0 Å². The Morgan fingerprint density at radius 3 is 2.36 bits per heavy atom. The van der Waals surface area contributed by atoms with Gasteiger partial charge in [0.15, 0.2) is 17.5 Å². The molecule has 2 aromatic carbocycles. The molecule has 0 atom stereocenters. The highest BCUT2D eigenvalue weighted by molar-refractivity contribution is 6.39. The molecule has 0 spiro atoms. The fourth-order valence-electron chi connectivity index (χ4n) is 1.92. The predicted octanol–water partition coefficient (Wildman–Crippen LogP) is 3.71. The standard InChI is InChI=1S/C16H11Cl2F3N2O2/c17-9-2-1-8(10(18)7-9)5-6-22-15(24)16(25)23-12-4-3-11(19)13(20)14(12)21/h1-4,7H,5-6H2,(H,22,24)(H,23,25). The third-order valence-electron chi connectivity index (χ3n) is 3.18. The maximum atomic E-state index is 13.4. The number of benzene rings is 2. The quantitative estimate of drug-likeness (QED) is 0.617. The molecular formula is C16H11Cl2F3N2O2. The Bertz CT molecular complexity index is 831. The first kappa shape index (κ1) is 19.1. The Hall–Kier alpha value is -2.25. The highest BCUT2D eigenvalue weighted by atomic mass is 35.5. The number of anilines is 1. The normalized spacial score (nSPS) is 10.4. The summed E-state index contributed by atoms with van der Waals surface area (Å²) in [6, 6.07) is 6.29. The van der Waals surface area contributed by atoms with E-state index in [0.29, 0.717) is 28.1 Å². The van der Waals surface area contributed by atoms with Crippen LogP contribution in [0, 0.1) is 17.5 Å². The van der Waals surface area contributed by atoms with Crippen LogP contribution in [-0.4, -0.2) is 18.4 Å². The van der Waals surface area contributed by atoms with Crippen molar-refractivity contribution in [3.8, 4) is 0 Å². The molecule has 0 aliphatic carbocycles. The van der Waals surface area contributed by atoms with Crippen LogP contribution >= 0.6 is 23.2 Å². The Morgan fingerprint density at radius 2 is 1.68 bits per heavy atom. The summed E-state index contributed by atoms with van der Waals surface area (Å²) in [5, 5.41) is 5.05. The molecule has 0 unspecified atom stereocenters. The first-order valence-electron chi connectivity index (χ1n) is 6.96. The lowest BCUT2D eigenvalue weighted by atomic mass is 10.1. The van der Waals surface area contributed by atoms with E-state index in [4.69, 9.17) is 23.2 Å². The number of hydrogen-bond acceptors (Lipinski definition) is 2. The smallest absolute Gasteiger partial charge is 0.313 e. The molecule has 4 nitrogen and oxygen atoms in total. The van der Waals surface area contributed by atoms with Gasteiger partial charge in [0, 0.05) is 16.6 Å². The minimum Gasteiger partial charge on any atom is -0.347 e. The zero-order chi connectivity index (χ0) is 18.6. The topological polar surface area (TPSA) is 58.2 Å². The second-order valence-corrected chi connectivity index (χ2v) is 5.76. The van der Waals surface area contributed by atoms with Crippen LogP contribution < -0.4 is 10.6 Å². The fourth-order valence-corrected chi connectivity index (χ4v) is 2.42. The molecule has 0 saturated carbocycles. The average molecular weight is 391 g/mol. The second kappa shape index (κ2) is 8.22. The first-order chi connectivity index (χ1) is 11.8. The van der Waals surface area contributed by atoms with Crippen LogP contribution in [0.4, 0.5) is 18.9 Å². The minimum absolute atomic E-state index is 0.0772. The van der Waals surface area contributed by atoms with Crippen molar-refractivity contribution >= 4 is 40.7 Å². The van der Waals surface area contributed by atoms with Gasteiger partial charge in [-0.1, -0.05) is 29.3 Å². The van der Waals surface area contributed by atoms with E-state index in [1.165, 1.54) is 0 Å². The lowest BCUT2D eigenvalue weighted by molar-refractivity contribution is -0.136. The maximum absolute atomic E-state index is 13.4. The molecule has 9 heteroatoms. The van der Waals surface area contributed by atoms with E-state index in [1.54, 1.807) is 18.2 Å². The van der Waals surface area contributed by atoms with E-state index in [0.717, 1.165) is 6.07 Å². The molecular weight excluding hydrogens is 380 g/mol. The number of amides is 2. The van der Waals surface area contributed by atoms with E-state index < -0.39 is 35.0 Å². The summed E-state index contributed by atoms with van der Waals surface area (Å²) in [4.78, 5) is 23.3. The van der Waals surface area contributed by atoms with Gasteiger partial charge in [-0.05, 0) is 36.2 Å². The SMILES string of the molecule is O=C(NCCc1ccc(Cl)cc1Cl)C(=O)Nc1ccc(F)c(F)c1F. The molecule has 0 saturated heterocycles. The van der Waals surface area contributed by atoms with Crippen molar-refractivity contribution in [2.45, 2.75) is 6.42 Å². The van der Waals surface area contributed by atoms with Gasteiger partial charge in [0.05, 0.1) is 5.69 Å². The van der Waals surface area contributed by atoms with Crippen LogP contribution in [0.1, 0.15) is 5.56 Å². The van der Waals surface area contributed by atoms with Gasteiger partial charge in [0.25, 0.3) is 0 Å². The van der Waals surface area contributed by atoms with Gasteiger partial charge in [-0.3, -0.25) is 9.59 Å². The maximum Gasteiger partial charge on any atom is 0.313 e. The van der Waals surface area contributed by atoms with Crippen molar-refractivity contribution in [1.29, 1.82) is 0 Å². The van der Waals surface area contributed by atoms with Crippen LogP contribution in [0.3, 0.4) is 0 Å². The summed E-state index contributed by atoms with van der Waals surface area (Å²) in [5.74, 6) is -7.01. The molecule has 0 aromatic heterocycles. The molecule has 2 aromatic rings. The predicted molar refractivity (Wildman–Crippen MR) is 88.1 cm³/mol. The molecule has 2 rings (SSSR count). The molecule has 132 valence electrons. The van der Waals surface area contributed by atoms with Gasteiger partial charge < -0.3 is 10.6 Å². The van der Waals surface area contributed by atoms with Crippen LogP contribution in [0.25, 0.3) is 0 Å². The molecule has 25 heavy (non-hydrogen) atoms. The number of nitrogens with one attached hydrogen (secondary N) is 2. The zero-order valence-corrected chi connectivity index (χ0v) is 14.0. The Balaban J connectivity index is 1.90. The summed E-state index contributed by atoms with van der Waals surface area (Å²) in [5.41, 5.74) is 0.0678. The third-order valence-corrected chi connectivity index (χ3v) is 3.77. The fraction of sp³-hybridized carbons (Fsp3) is 0.125. The van der Waals surface area contributed by atoms with Crippen molar-refractivity contribution in [3.05, 3.63) is 63.4 Å². The number of halogens is 5. The number of hydrogen-bond donors (Lipinski definition) is 2. The third kappa shape index (κ3) is 4.87. The zero-order valence-electron chi connectivity index (χ0n) is 12.5. The van der Waals surface area contributed by atoms with Crippen LogP contribution in [0.2, 0.25) is 10.0 Å². The van der Waals surface area contributed by atoms with E-state index in [2.05, 4.69) is 5.32 Å². The molecule has 2 amide bonds. The minimum atomic E-state index is -1.74. The van der Waals surface area contributed by atoms with Crippen LogP contribution in [0.15, 0.2) is 30.3 Å². The summed E-state index contributed by atoms with van der Waals surface area (Å²) >= 11 is 11.7. The average Bonchev–Trinajstić information content (AvgIpc) is 2.57. The molecule has 0 aliphatic heterocycles. The number of carbonyl (C=O) groups is 2. The summed E-state index contributed by atoms with van der Waals surface area (Å²) in [6.07, 6.45) is 0.328. The van der Waals surface area contributed by atoms with Gasteiger partial charge in [-0.25, -0.2) is 13.2 Å². The summed E-state index contributed by atoms with van der Waals surface area (Å²) < 4.78 is 39.3. The Kier molecular flexibility index (Phi) is 6.27. The molecule has 0 radical (unpaired) electrons. The first-order valence-corrected chi connectivity index (χ1v) is 7.71. The van der Waals surface area contributed by atoms with Crippen molar-refractivity contribution in [1.82, 2.24) is 5.32 Å². The summed E-state index contributed by atoms with van der Waals surface area (Å²) in [6.45, 7) is 0.0772. The van der Waals surface area contributed by atoms with Crippen LogP contribution in [-0.2, 0) is 16.0 Å². The van der Waals surface area contributed by atoms with Gasteiger partial charge in [-0.15, -0.1) is 0 Å². The number of carbonyl (C=O) groups excluding carboxylic acids is 2. The van der Waals surface area contributed by atoms with Crippen molar-refractivity contribution in [3.63, 3.8) is 0 Å². The monoisotopic (exact) mass is 390 g/mol. The lowest BCUT2D eigenvalue weighted by Gasteiger charge is -2.09. The van der Waals surface area contributed by atoms with E-state index in [-0.39, 0.29) is 6.54 Å². The van der Waals surface area contributed by atoms with Gasteiger partial charge >= 0.3 is 11.8 Å². The molecule has 0 fully saturated rings.